The van der Waals surface area contributed by atoms with E-state index in [2.05, 4.69) is 10.6 Å². The lowest BCUT2D eigenvalue weighted by molar-refractivity contribution is -0.141. The molecule has 0 saturated carbocycles. The molecule has 9 nitrogen and oxygen atoms in total. The Kier molecular flexibility index (Phi) is 10.6. The summed E-state index contributed by atoms with van der Waals surface area (Å²) in [7, 11) is 1.55. The smallest absolute Gasteiger partial charge is 0.408 e. The molecule has 0 aromatic heterocycles. The Morgan fingerprint density at radius 3 is 2.21 bits per heavy atom. The largest absolute Gasteiger partial charge is 0.507 e. The Morgan fingerprint density at radius 2 is 1.68 bits per heavy atom. The van der Waals surface area contributed by atoms with E-state index in [1.54, 1.807) is 84.2 Å². The molecule has 2 aromatic carbocycles. The van der Waals surface area contributed by atoms with Crippen molar-refractivity contribution >= 4 is 23.6 Å². The minimum Gasteiger partial charge on any atom is -0.507 e. The van der Waals surface area contributed by atoms with Crippen LogP contribution in [0.2, 0.25) is 0 Å². The molecular weight excluding hydrogens is 486 g/mol. The number of nitrogens with zero attached hydrogens (tertiary/aromatic N) is 1. The maximum absolute atomic E-state index is 14.0. The van der Waals surface area contributed by atoms with E-state index in [0.29, 0.717) is 23.4 Å². The average molecular weight is 528 g/mol. The fourth-order valence-electron chi connectivity index (χ4n) is 4.00. The summed E-state index contributed by atoms with van der Waals surface area (Å²) in [5, 5.41) is 16.5. The number of phenols is 1. The van der Waals surface area contributed by atoms with Gasteiger partial charge in [-0.1, -0.05) is 38.5 Å². The molecule has 0 radical (unpaired) electrons. The van der Waals surface area contributed by atoms with Crippen LogP contribution in [0, 0.1) is 12.8 Å². The molecule has 0 heterocycles. The molecule has 2 aromatic rings. The molecule has 3 unspecified atom stereocenters. The zero-order valence-corrected chi connectivity index (χ0v) is 23.6. The summed E-state index contributed by atoms with van der Waals surface area (Å²) < 4.78 is 10.6. The fraction of sp³-hybridized carbons (Fsp3) is 0.483. The zero-order valence-electron chi connectivity index (χ0n) is 23.6. The van der Waals surface area contributed by atoms with E-state index in [-0.39, 0.29) is 23.8 Å². The number of carbonyl (C=O) groups excluding carboxylic acids is 3. The van der Waals surface area contributed by atoms with E-state index in [9.17, 15) is 19.5 Å². The van der Waals surface area contributed by atoms with E-state index in [1.807, 2.05) is 13.8 Å². The van der Waals surface area contributed by atoms with Gasteiger partial charge in [0.15, 0.2) is 0 Å². The zero-order chi connectivity index (χ0) is 28.6. The summed E-state index contributed by atoms with van der Waals surface area (Å²) in [5.41, 5.74) is 0.609. The number of hydrogen-bond acceptors (Lipinski definition) is 6. The van der Waals surface area contributed by atoms with E-state index < -0.39 is 35.6 Å². The van der Waals surface area contributed by atoms with Gasteiger partial charge in [0.1, 0.15) is 29.2 Å². The normalized spacial score (nSPS) is 13.6. The second kappa shape index (κ2) is 13.2. The van der Waals surface area contributed by atoms with Gasteiger partial charge in [-0.05, 0) is 70.4 Å². The van der Waals surface area contributed by atoms with Crippen molar-refractivity contribution in [2.45, 2.75) is 72.6 Å². The summed E-state index contributed by atoms with van der Waals surface area (Å²) in [4.78, 5) is 41.8. The summed E-state index contributed by atoms with van der Waals surface area (Å²) in [6.07, 6.45) is -0.118. The second-order valence-corrected chi connectivity index (χ2v) is 10.3. The Bertz CT molecular complexity index is 1110. The van der Waals surface area contributed by atoms with Crippen molar-refractivity contribution in [2.75, 3.05) is 19.0 Å². The third kappa shape index (κ3) is 7.87. The van der Waals surface area contributed by atoms with Gasteiger partial charge in [0, 0.05) is 17.8 Å². The highest BCUT2D eigenvalue weighted by atomic mass is 16.6. The molecule has 208 valence electrons. The predicted octanol–water partition coefficient (Wildman–Crippen LogP) is 5.18. The van der Waals surface area contributed by atoms with Crippen LogP contribution in [-0.4, -0.2) is 53.2 Å². The number of aryl methyl sites for hydroxylation is 1. The van der Waals surface area contributed by atoms with Crippen LogP contribution in [0.4, 0.5) is 10.5 Å². The van der Waals surface area contributed by atoms with Crippen LogP contribution in [0.3, 0.4) is 0 Å². The Balaban J connectivity index is 2.51. The van der Waals surface area contributed by atoms with Crippen LogP contribution in [0.25, 0.3) is 0 Å². The molecule has 0 aliphatic carbocycles. The van der Waals surface area contributed by atoms with Crippen LogP contribution in [-0.2, 0) is 14.3 Å². The third-order valence-electron chi connectivity index (χ3n) is 6.26. The number of aromatic hydroxyl groups is 1. The lowest BCUT2D eigenvalue weighted by Crippen LogP contribution is -2.54. The van der Waals surface area contributed by atoms with Gasteiger partial charge in [-0.25, -0.2) is 4.79 Å². The number of para-hydroxylation sites is 1. The number of nitrogens with one attached hydrogen (secondary N) is 2. The number of rotatable bonds is 10. The number of phenolic OH excluding ortho intramolecular Hbond substituents is 1. The van der Waals surface area contributed by atoms with Crippen molar-refractivity contribution in [1.82, 2.24) is 10.2 Å². The van der Waals surface area contributed by atoms with Crippen molar-refractivity contribution in [3.8, 4) is 11.5 Å². The van der Waals surface area contributed by atoms with Gasteiger partial charge in [-0.3, -0.25) is 9.59 Å². The van der Waals surface area contributed by atoms with Crippen LogP contribution in [0.5, 0.6) is 11.5 Å². The molecule has 0 saturated heterocycles. The SMILES string of the molecule is CCC(C)C(NC(=O)OC(C)(C)C)C(=O)N(CC)C(C(=O)Nc1ccc(OC)cc1)c1cccc(C)c1O. The summed E-state index contributed by atoms with van der Waals surface area (Å²) >= 11 is 0. The Morgan fingerprint density at radius 1 is 1.05 bits per heavy atom. The fourth-order valence-corrected chi connectivity index (χ4v) is 4.00. The number of anilines is 1. The highest BCUT2D eigenvalue weighted by Gasteiger charge is 2.38. The highest BCUT2D eigenvalue weighted by molar-refractivity contribution is 5.99. The lowest BCUT2D eigenvalue weighted by Gasteiger charge is -2.35. The topological polar surface area (TPSA) is 117 Å². The summed E-state index contributed by atoms with van der Waals surface area (Å²) in [5.74, 6) is -0.657. The van der Waals surface area contributed by atoms with Gasteiger partial charge in [-0.15, -0.1) is 0 Å². The first kappa shape index (κ1) is 30.5. The van der Waals surface area contributed by atoms with E-state index >= 15 is 0 Å². The summed E-state index contributed by atoms with van der Waals surface area (Å²) in [6, 6.07) is 9.75. The van der Waals surface area contributed by atoms with Crippen LogP contribution in [0.15, 0.2) is 42.5 Å². The number of alkyl carbamates (subject to hydrolysis) is 1. The second-order valence-electron chi connectivity index (χ2n) is 10.3. The molecule has 0 bridgehead atoms. The first-order valence-corrected chi connectivity index (χ1v) is 12.9. The molecular formula is C29H41N3O6. The number of hydrogen-bond donors (Lipinski definition) is 3. The Labute approximate surface area is 225 Å². The first-order chi connectivity index (χ1) is 17.8. The van der Waals surface area contributed by atoms with Crippen molar-refractivity contribution in [1.29, 1.82) is 0 Å². The molecule has 0 spiro atoms. The monoisotopic (exact) mass is 527 g/mol. The highest BCUT2D eigenvalue weighted by Crippen LogP contribution is 2.33. The molecule has 0 aliphatic rings. The van der Waals surface area contributed by atoms with Crippen molar-refractivity contribution in [3.05, 3.63) is 53.6 Å². The third-order valence-corrected chi connectivity index (χ3v) is 6.26. The van der Waals surface area contributed by atoms with E-state index in [4.69, 9.17) is 9.47 Å². The standard InChI is InChI=1S/C29H41N3O6/c1-9-18(3)23(31-28(36)38-29(5,6)7)27(35)32(10-2)24(22-13-11-12-19(4)25(22)33)26(34)30-20-14-16-21(37-8)17-15-20/h11-18,23-24,33H,9-10H2,1-8H3,(H,30,34)(H,31,36). The number of likely N-dealkylation sites (N-methyl/N-ethyl adjacent to an activating group) is 1. The first-order valence-electron chi connectivity index (χ1n) is 12.9. The number of carbonyl (C=O) groups is 3. The van der Waals surface area contributed by atoms with Gasteiger partial charge in [0.2, 0.25) is 5.91 Å². The van der Waals surface area contributed by atoms with Gasteiger partial charge in [0.25, 0.3) is 5.91 Å². The lowest BCUT2D eigenvalue weighted by atomic mass is 9.95. The van der Waals surface area contributed by atoms with E-state index in [0.717, 1.165) is 0 Å². The van der Waals surface area contributed by atoms with Crippen molar-refractivity contribution < 1.29 is 29.0 Å². The molecule has 3 N–H and O–H groups in total. The van der Waals surface area contributed by atoms with E-state index in [1.165, 1.54) is 4.90 Å². The minimum atomic E-state index is -1.17. The predicted molar refractivity (Wildman–Crippen MR) is 147 cm³/mol. The van der Waals surface area contributed by atoms with Gasteiger partial charge in [-0.2, -0.15) is 0 Å². The van der Waals surface area contributed by atoms with Crippen LogP contribution >= 0.6 is 0 Å². The summed E-state index contributed by atoms with van der Waals surface area (Å²) in [6.45, 7) is 12.6. The van der Waals surface area contributed by atoms with Gasteiger partial charge in [0.05, 0.1) is 7.11 Å². The molecule has 38 heavy (non-hydrogen) atoms. The van der Waals surface area contributed by atoms with Crippen LogP contribution < -0.4 is 15.4 Å². The van der Waals surface area contributed by atoms with Crippen molar-refractivity contribution in [2.24, 2.45) is 5.92 Å². The minimum absolute atomic E-state index is 0.0752. The van der Waals surface area contributed by atoms with Crippen LogP contribution in [0.1, 0.15) is 65.1 Å². The number of methoxy groups -OCH3 is 1. The van der Waals surface area contributed by atoms with Gasteiger partial charge >= 0.3 is 6.09 Å². The quantitative estimate of drug-likeness (QED) is 0.392. The molecule has 3 amide bonds. The number of ether oxygens (including phenoxy) is 2. The van der Waals surface area contributed by atoms with Gasteiger partial charge < -0.3 is 30.1 Å². The molecule has 3 atom stereocenters. The van der Waals surface area contributed by atoms with Crippen molar-refractivity contribution in [3.63, 3.8) is 0 Å². The Hall–Kier alpha value is -3.75. The molecule has 0 fully saturated rings. The molecule has 2 rings (SSSR count). The maximum atomic E-state index is 14.0. The average Bonchev–Trinajstić information content (AvgIpc) is 2.86. The number of benzene rings is 2. The molecule has 9 heteroatoms. The maximum Gasteiger partial charge on any atom is 0.408 e. The number of amides is 3. The molecule has 0 aliphatic heterocycles.